The summed E-state index contributed by atoms with van der Waals surface area (Å²) in [5.41, 5.74) is 3.35. The summed E-state index contributed by atoms with van der Waals surface area (Å²) in [4.78, 5) is 9.50. The average molecular weight is 457 g/mol. The van der Waals surface area contributed by atoms with Gasteiger partial charge in [-0.05, 0) is 22.9 Å². The number of hydrogen-bond donors (Lipinski definition) is 0. The standard InChI is InChI=1S/C26H28N2SSi2/c1-30(2,3)19-11-12-21-22(15-19)29-26-24(27-16-28-25(21)26)18-13-17-9-7-8-10-20(17)23(14-18)31(4,5)6/h7-16H,1-6H3. The van der Waals surface area contributed by atoms with E-state index in [9.17, 15) is 0 Å². The maximum atomic E-state index is 4.80. The highest BCUT2D eigenvalue weighted by molar-refractivity contribution is 7.26. The van der Waals surface area contributed by atoms with Gasteiger partial charge in [0.2, 0.25) is 0 Å². The van der Waals surface area contributed by atoms with Gasteiger partial charge in [0.15, 0.2) is 0 Å². The van der Waals surface area contributed by atoms with Gasteiger partial charge in [-0.2, -0.15) is 0 Å². The number of thiophene rings is 1. The number of benzene rings is 3. The van der Waals surface area contributed by atoms with Gasteiger partial charge >= 0.3 is 0 Å². The van der Waals surface area contributed by atoms with Crippen molar-refractivity contribution in [3.8, 4) is 11.3 Å². The summed E-state index contributed by atoms with van der Waals surface area (Å²) in [7, 11) is -2.89. The monoisotopic (exact) mass is 456 g/mol. The van der Waals surface area contributed by atoms with Crippen LogP contribution in [0.5, 0.6) is 0 Å². The molecule has 0 unspecified atom stereocenters. The Hall–Kier alpha value is -2.35. The van der Waals surface area contributed by atoms with Crippen LogP contribution in [0.3, 0.4) is 0 Å². The lowest BCUT2D eigenvalue weighted by Crippen LogP contribution is -2.38. The summed E-state index contributed by atoms with van der Waals surface area (Å²) in [5, 5.41) is 6.91. The highest BCUT2D eigenvalue weighted by Gasteiger charge is 2.22. The first-order chi connectivity index (χ1) is 14.6. The number of nitrogens with zero attached hydrogens (tertiary/aromatic N) is 2. The first kappa shape index (κ1) is 20.6. The van der Waals surface area contributed by atoms with Gasteiger partial charge in [-0.25, -0.2) is 9.97 Å². The quantitative estimate of drug-likeness (QED) is 0.280. The van der Waals surface area contributed by atoms with E-state index in [1.807, 2.05) is 11.3 Å². The zero-order valence-corrected chi connectivity index (χ0v) is 21.9. The van der Waals surface area contributed by atoms with Crippen LogP contribution in [0, 0.1) is 0 Å². The van der Waals surface area contributed by atoms with Crippen molar-refractivity contribution in [3.05, 3.63) is 60.9 Å². The van der Waals surface area contributed by atoms with Gasteiger partial charge in [-0.3, -0.25) is 0 Å². The van der Waals surface area contributed by atoms with Crippen LogP contribution in [-0.2, 0) is 0 Å². The molecule has 5 heteroatoms. The Morgan fingerprint density at radius 3 is 2.26 bits per heavy atom. The van der Waals surface area contributed by atoms with Crippen LogP contribution in [0.25, 0.3) is 42.3 Å². The van der Waals surface area contributed by atoms with Crippen LogP contribution in [-0.4, -0.2) is 26.1 Å². The van der Waals surface area contributed by atoms with E-state index < -0.39 is 16.1 Å². The minimum Gasteiger partial charge on any atom is -0.235 e. The fourth-order valence-electron chi connectivity index (χ4n) is 4.31. The van der Waals surface area contributed by atoms with E-state index in [0.29, 0.717) is 0 Å². The average Bonchev–Trinajstić information content (AvgIpc) is 3.09. The summed E-state index contributed by atoms with van der Waals surface area (Å²) >= 11 is 1.84. The van der Waals surface area contributed by atoms with Crippen LogP contribution >= 0.6 is 11.3 Å². The maximum Gasteiger partial charge on any atom is 0.116 e. The number of fused-ring (bicyclic) bond motifs is 4. The Morgan fingerprint density at radius 1 is 0.742 bits per heavy atom. The van der Waals surface area contributed by atoms with Gasteiger partial charge in [0.05, 0.1) is 32.1 Å². The molecule has 0 bridgehead atoms. The van der Waals surface area contributed by atoms with E-state index in [-0.39, 0.29) is 0 Å². The Balaban J connectivity index is 1.80. The summed E-state index contributed by atoms with van der Waals surface area (Å²) in [6.45, 7) is 14.5. The molecule has 156 valence electrons. The van der Waals surface area contributed by atoms with E-state index in [1.165, 1.54) is 41.5 Å². The van der Waals surface area contributed by atoms with Crippen molar-refractivity contribution in [2.24, 2.45) is 0 Å². The second-order valence-electron chi connectivity index (χ2n) is 10.5. The molecule has 0 N–H and O–H groups in total. The second-order valence-corrected chi connectivity index (χ2v) is 21.6. The van der Waals surface area contributed by atoms with Crippen LogP contribution in [0.1, 0.15) is 0 Å². The van der Waals surface area contributed by atoms with Crippen molar-refractivity contribution in [2.75, 3.05) is 0 Å². The predicted molar refractivity (Wildman–Crippen MR) is 144 cm³/mol. The molecule has 0 amide bonds. The number of hydrogen-bond acceptors (Lipinski definition) is 3. The highest BCUT2D eigenvalue weighted by Crippen LogP contribution is 2.38. The van der Waals surface area contributed by atoms with Gasteiger partial charge in [-0.15, -0.1) is 11.3 Å². The van der Waals surface area contributed by atoms with Gasteiger partial charge < -0.3 is 0 Å². The fourth-order valence-corrected chi connectivity index (χ4v) is 8.41. The largest absolute Gasteiger partial charge is 0.235 e. The lowest BCUT2D eigenvalue weighted by atomic mass is 10.0. The Labute approximate surface area is 190 Å². The molecular formula is C26H28N2SSi2. The lowest BCUT2D eigenvalue weighted by molar-refractivity contribution is 1.24. The number of rotatable bonds is 3. The minimum absolute atomic E-state index is 1.06. The van der Waals surface area contributed by atoms with Crippen molar-refractivity contribution < 1.29 is 0 Å². The third-order valence-electron chi connectivity index (χ3n) is 6.06. The Bertz CT molecular complexity index is 1460. The lowest BCUT2D eigenvalue weighted by Gasteiger charge is -2.21. The third kappa shape index (κ3) is 3.54. The van der Waals surface area contributed by atoms with Crippen molar-refractivity contribution in [3.63, 3.8) is 0 Å². The van der Waals surface area contributed by atoms with Crippen molar-refractivity contribution in [1.29, 1.82) is 0 Å². The van der Waals surface area contributed by atoms with Crippen molar-refractivity contribution in [1.82, 2.24) is 9.97 Å². The van der Waals surface area contributed by atoms with E-state index in [0.717, 1.165) is 11.2 Å². The molecule has 2 nitrogen and oxygen atoms in total. The van der Waals surface area contributed by atoms with Crippen LogP contribution in [0.2, 0.25) is 39.3 Å². The van der Waals surface area contributed by atoms with Gasteiger partial charge in [0, 0.05) is 15.6 Å². The van der Waals surface area contributed by atoms with Crippen LogP contribution in [0.15, 0.2) is 60.9 Å². The van der Waals surface area contributed by atoms with Crippen LogP contribution in [0.4, 0.5) is 0 Å². The Kier molecular flexibility index (Phi) is 4.70. The normalized spacial score (nSPS) is 12.8. The highest BCUT2D eigenvalue weighted by atomic mass is 32.1. The molecule has 2 heterocycles. The molecule has 5 rings (SSSR count). The second kappa shape index (κ2) is 7.09. The smallest absolute Gasteiger partial charge is 0.116 e. The summed E-state index contributed by atoms with van der Waals surface area (Å²) in [5.74, 6) is 0. The molecule has 0 aliphatic rings. The first-order valence-electron chi connectivity index (χ1n) is 10.8. The van der Waals surface area contributed by atoms with E-state index in [4.69, 9.17) is 9.97 Å². The molecule has 5 aromatic rings. The molecule has 0 saturated carbocycles. The number of aromatic nitrogens is 2. The van der Waals surface area contributed by atoms with Gasteiger partial charge in [0.25, 0.3) is 0 Å². The van der Waals surface area contributed by atoms with Crippen LogP contribution < -0.4 is 10.4 Å². The molecule has 3 aromatic carbocycles. The fraction of sp³-hybridized carbons (Fsp3) is 0.231. The summed E-state index contributed by atoms with van der Waals surface area (Å²) in [6, 6.07) is 20.4. The van der Waals surface area contributed by atoms with Gasteiger partial charge in [0.1, 0.15) is 6.33 Å². The molecule has 0 aliphatic carbocycles. The maximum absolute atomic E-state index is 4.80. The zero-order chi connectivity index (χ0) is 22.0. The summed E-state index contributed by atoms with van der Waals surface area (Å²) < 4.78 is 2.52. The molecule has 0 saturated heterocycles. The third-order valence-corrected chi connectivity index (χ3v) is 11.3. The predicted octanol–water partition coefficient (Wildman–Crippen LogP) is 6.76. The van der Waals surface area contributed by atoms with Crippen molar-refractivity contribution in [2.45, 2.75) is 39.3 Å². The first-order valence-corrected chi connectivity index (χ1v) is 18.7. The molecule has 0 radical (unpaired) electrons. The zero-order valence-electron chi connectivity index (χ0n) is 19.1. The van der Waals surface area contributed by atoms with E-state index >= 15 is 0 Å². The topological polar surface area (TPSA) is 25.8 Å². The molecule has 0 aliphatic heterocycles. The summed E-state index contributed by atoms with van der Waals surface area (Å²) in [6.07, 6.45) is 1.74. The molecule has 2 aromatic heterocycles. The molecule has 0 spiro atoms. The molecule has 31 heavy (non-hydrogen) atoms. The van der Waals surface area contributed by atoms with E-state index in [2.05, 4.69) is 93.9 Å². The van der Waals surface area contributed by atoms with E-state index in [1.54, 1.807) is 6.33 Å². The Morgan fingerprint density at radius 2 is 1.52 bits per heavy atom. The molecular weight excluding hydrogens is 429 g/mol. The minimum atomic E-state index is -1.53. The molecule has 0 atom stereocenters. The van der Waals surface area contributed by atoms with Crippen molar-refractivity contribution >= 4 is 68.9 Å². The van der Waals surface area contributed by atoms with Gasteiger partial charge in [-0.1, -0.05) is 92.1 Å². The molecule has 0 fully saturated rings. The SMILES string of the molecule is C[Si](C)(C)c1ccc2c(c1)sc1c(-c3cc([Si](C)(C)C)c4ccccc4c3)ncnc12.